The maximum absolute atomic E-state index is 5.55. The van der Waals surface area contributed by atoms with Crippen LogP contribution >= 0.6 is 0 Å². The molecule has 94 valence electrons. The Labute approximate surface area is 100 Å². The minimum Gasteiger partial charge on any atom is -0.502 e. The van der Waals surface area contributed by atoms with Crippen molar-refractivity contribution in [3.05, 3.63) is 12.3 Å². The van der Waals surface area contributed by atoms with E-state index in [9.17, 15) is 0 Å². The van der Waals surface area contributed by atoms with Crippen molar-refractivity contribution in [2.75, 3.05) is 19.8 Å². The van der Waals surface area contributed by atoms with Crippen LogP contribution in [0.25, 0.3) is 0 Å². The van der Waals surface area contributed by atoms with Crippen molar-refractivity contribution in [3.63, 3.8) is 0 Å². The monoisotopic (exact) mass is 226 g/mol. The lowest BCUT2D eigenvalue weighted by Crippen LogP contribution is -2.20. The van der Waals surface area contributed by atoms with Gasteiger partial charge in [-0.25, -0.2) is 0 Å². The van der Waals surface area contributed by atoms with Gasteiger partial charge in [0.2, 0.25) is 0 Å². The molecule has 1 saturated heterocycles. The second-order valence-electron chi connectivity index (χ2n) is 4.76. The highest BCUT2D eigenvalue weighted by atomic mass is 16.5. The zero-order chi connectivity index (χ0) is 11.7. The fourth-order valence-electron chi connectivity index (χ4n) is 2.54. The Kier molecular flexibility index (Phi) is 6.55. The lowest BCUT2D eigenvalue weighted by Gasteiger charge is -2.31. The molecule has 16 heavy (non-hydrogen) atoms. The fourth-order valence-corrected chi connectivity index (χ4v) is 2.54. The topological polar surface area (TPSA) is 18.5 Å². The second-order valence-corrected chi connectivity index (χ2v) is 4.76. The Morgan fingerprint density at radius 3 is 2.94 bits per heavy atom. The lowest BCUT2D eigenvalue weighted by molar-refractivity contribution is 0.121. The molecule has 0 spiro atoms. The molecule has 0 aromatic carbocycles. The van der Waals surface area contributed by atoms with E-state index in [-0.39, 0.29) is 0 Å². The zero-order valence-corrected chi connectivity index (χ0v) is 10.8. The molecule has 0 amide bonds. The van der Waals surface area contributed by atoms with E-state index in [0.29, 0.717) is 5.41 Å². The van der Waals surface area contributed by atoms with Crippen LogP contribution in [0.4, 0.5) is 0 Å². The van der Waals surface area contributed by atoms with Gasteiger partial charge in [-0.15, -0.1) is 0 Å². The van der Waals surface area contributed by atoms with Crippen LogP contribution in [0.2, 0.25) is 0 Å². The van der Waals surface area contributed by atoms with Crippen LogP contribution < -0.4 is 0 Å². The molecule has 1 atom stereocenters. The van der Waals surface area contributed by atoms with Gasteiger partial charge in [-0.2, -0.15) is 0 Å². The predicted molar refractivity (Wildman–Crippen MR) is 67.4 cm³/mol. The third-order valence-electron chi connectivity index (χ3n) is 3.72. The van der Waals surface area contributed by atoms with Gasteiger partial charge in [0.15, 0.2) is 0 Å². The highest BCUT2D eigenvalue weighted by molar-refractivity contribution is 4.79. The van der Waals surface area contributed by atoms with Gasteiger partial charge < -0.3 is 9.47 Å². The van der Waals surface area contributed by atoms with Crippen LogP contribution in [0.3, 0.4) is 0 Å². The summed E-state index contributed by atoms with van der Waals surface area (Å²) in [6.07, 6.45) is 11.2. The molecule has 0 saturated carbocycles. The SMILES string of the molecule is C/C=C/OCCCC1(CC)CCCOCC1. The van der Waals surface area contributed by atoms with Gasteiger partial charge in [0.25, 0.3) is 0 Å². The van der Waals surface area contributed by atoms with Crippen LogP contribution in [0.5, 0.6) is 0 Å². The van der Waals surface area contributed by atoms with E-state index >= 15 is 0 Å². The Bertz CT molecular complexity index is 191. The molecule has 0 aliphatic carbocycles. The average molecular weight is 226 g/mol. The maximum Gasteiger partial charge on any atom is 0.0873 e. The molecule has 0 aromatic heterocycles. The molecule has 2 nitrogen and oxygen atoms in total. The zero-order valence-electron chi connectivity index (χ0n) is 10.8. The maximum atomic E-state index is 5.55. The van der Waals surface area contributed by atoms with Crippen LogP contribution in [0, 0.1) is 5.41 Å². The molecule has 1 heterocycles. The predicted octanol–water partition coefficient (Wildman–Crippen LogP) is 3.91. The third kappa shape index (κ3) is 4.56. The minimum absolute atomic E-state index is 0.524. The van der Waals surface area contributed by atoms with Gasteiger partial charge in [0.05, 0.1) is 12.9 Å². The number of hydrogen-bond donors (Lipinski definition) is 0. The first-order chi connectivity index (χ1) is 7.83. The summed E-state index contributed by atoms with van der Waals surface area (Å²) in [6, 6.07) is 0. The van der Waals surface area contributed by atoms with Gasteiger partial charge in [0, 0.05) is 13.2 Å². The van der Waals surface area contributed by atoms with Gasteiger partial charge in [-0.3, -0.25) is 0 Å². The summed E-state index contributed by atoms with van der Waals surface area (Å²) in [7, 11) is 0. The summed E-state index contributed by atoms with van der Waals surface area (Å²) in [6.45, 7) is 7.06. The number of rotatable bonds is 6. The minimum atomic E-state index is 0.524. The normalized spacial score (nSPS) is 26.9. The van der Waals surface area contributed by atoms with Crippen molar-refractivity contribution in [1.29, 1.82) is 0 Å². The Morgan fingerprint density at radius 1 is 1.31 bits per heavy atom. The molecule has 0 bridgehead atoms. The van der Waals surface area contributed by atoms with Gasteiger partial charge in [0.1, 0.15) is 0 Å². The molecule has 1 unspecified atom stereocenters. The third-order valence-corrected chi connectivity index (χ3v) is 3.72. The first-order valence-corrected chi connectivity index (χ1v) is 6.63. The van der Waals surface area contributed by atoms with E-state index in [0.717, 1.165) is 26.2 Å². The molecule has 2 heteroatoms. The standard InChI is InChI=1S/C14H26O2/c1-3-10-15-11-5-7-14(4-2)8-6-12-16-13-9-14/h3,10H,4-9,11-13H2,1-2H3/b10-3+. The summed E-state index contributed by atoms with van der Waals surface area (Å²) in [5.74, 6) is 0. The summed E-state index contributed by atoms with van der Waals surface area (Å²) >= 11 is 0. The number of allylic oxidation sites excluding steroid dienone is 1. The Hall–Kier alpha value is -0.500. The molecular formula is C14H26O2. The molecule has 1 rings (SSSR count). The van der Waals surface area contributed by atoms with Crippen LogP contribution in [-0.2, 0) is 9.47 Å². The first-order valence-electron chi connectivity index (χ1n) is 6.63. The van der Waals surface area contributed by atoms with E-state index in [1.165, 1.54) is 32.1 Å². The van der Waals surface area contributed by atoms with Gasteiger partial charge >= 0.3 is 0 Å². The van der Waals surface area contributed by atoms with E-state index in [4.69, 9.17) is 9.47 Å². The van der Waals surface area contributed by atoms with E-state index in [1.807, 2.05) is 13.0 Å². The molecule has 1 aliphatic heterocycles. The Balaban J connectivity index is 2.28. The highest BCUT2D eigenvalue weighted by Gasteiger charge is 2.28. The van der Waals surface area contributed by atoms with Crippen molar-refractivity contribution in [2.24, 2.45) is 5.41 Å². The average Bonchev–Trinajstić information content (AvgIpc) is 2.55. The molecule has 0 N–H and O–H groups in total. The molecule has 0 aromatic rings. The number of ether oxygens (including phenoxy) is 2. The summed E-state index contributed by atoms with van der Waals surface area (Å²) < 4.78 is 10.9. The van der Waals surface area contributed by atoms with E-state index in [1.54, 1.807) is 6.26 Å². The highest BCUT2D eigenvalue weighted by Crippen LogP contribution is 2.38. The summed E-state index contributed by atoms with van der Waals surface area (Å²) in [4.78, 5) is 0. The summed E-state index contributed by atoms with van der Waals surface area (Å²) in [5.41, 5.74) is 0.524. The van der Waals surface area contributed by atoms with Crippen molar-refractivity contribution in [2.45, 2.75) is 52.4 Å². The van der Waals surface area contributed by atoms with Crippen LogP contribution in [-0.4, -0.2) is 19.8 Å². The fraction of sp³-hybridized carbons (Fsp3) is 0.857. The smallest absolute Gasteiger partial charge is 0.0873 e. The quantitative estimate of drug-likeness (QED) is 0.505. The lowest BCUT2D eigenvalue weighted by atomic mass is 9.75. The Morgan fingerprint density at radius 2 is 2.19 bits per heavy atom. The van der Waals surface area contributed by atoms with Crippen molar-refractivity contribution >= 4 is 0 Å². The van der Waals surface area contributed by atoms with Crippen LogP contribution in [0.15, 0.2) is 12.3 Å². The van der Waals surface area contributed by atoms with Gasteiger partial charge in [-0.1, -0.05) is 19.4 Å². The van der Waals surface area contributed by atoms with Crippen molar-refractivity contribution in [1.82, 2.24) is 0 Å². The molecule has 1 fully saturated rings. The molecule has 0 radical (unpaired) electrons. The van der Waals surface area contributed by atoms with E-state index in [2.05, 4.69) is 6.92 Å². The van der Waals surface area contributed by atoms with Gasteiger partial charge in [-0.05, 0) is 44.4 Å². The number of hydrogen-bond acceptors (Lipinski definition) is 2. The summed E-state index contributed by atoms with van der Waals surface area (Å²) in [5, 5.41) is 0. The first kappa shape index (κ1) is 13.6. The molecule has 1 aliphatic rings. The van der Waals surface area contributed by atoms with Crippen molar-refractivity contribution in [3.8, 4) is 0 Å². The largest absolute Gasteiger partial charge is 0.502 e. The van der Waals surface area contributed by atoms with Crippen LogP contribution in [0.1, 0.15) is 52.4 Å². The van der Waals surface area contributed by atoms with E-state index < -0.39 is 0 Å². The van der Waals surface area contributed by atoms with Crippen molar-refractivity contribution < 1.29 is 9.47 Å². The second kappa shape index (κ2) is 7.72. The molecular weight excluding hydrogens is 200 g/mol.